The van der Waals surface area contributed by atoms with E-state index in [-0.39, 0.29) is 18.5 Å². The van der Waals surface area contributed by atoms with Crippen LogP contribution in [-0.2, 0) is 15.9 Å². The number of hydrogen-bond acceptors (Lipinski definition) is 7. The maximum Gasteiger partial charge on any atom is 0.291 e. The number of amidine groups is 1. The molecule has 8 nitrogen and oxygen atoms in total. The Kier molecular flexibility index (Phi) is 10.2. The number of ether oxygens (including phenoxy) is 5. The van der Waals surface area contributed by atoms with Gasteiger partial charge in [0.15, 0.2) is 11.5 Å². The highest BCUT2D eigenvalue weighted by Crippen LogP contribution is 2.27. The highest BCUT2D eigenvalue weighted by atomic mass is 16.5. The average Bonchev–Trinajstić information content (AvgIpc) is 2.81. The number of methoxy groups -OCH3 is 3. The van der Waals surface area contributed by atoms with Crippen molar-refractivity contribution in [2.45, 2.75) is 13.3 Å². The van der Waals surface area contributed by atoms with E-state index in [1.807, 2.05) is 25.1 Å². The largest absolute Gasteiger partial charge is 0.497 e. The van der Waals surface area contributed by atoms with Crippen molar-refractivity contribution in [2.75, 3.05) is 47.7 Å². The molecule has 0 unspecified atom stereocenters. The Labute approximate surface area is 183 Å². The van der Waals surface area contributed by atoms with Gasteiger partial charge in [-0.05, 0) is 49.2 Å². The Morgan fingerprint density at radius 2 is 1.77 bits per heavy atom. The van der Waals surface area contributed by atoms with E-state index in [4.69, 9.17) is 23.7 Å². The second-order valence-electron chi connectivity index (χ2n) is 6.36. The zero-order chi connectivity index (χ0) is 22.5. The van der Waals surface area contributed by atoms with Gasteiger partial charge in [0.1, 0.15) is 12.4 Å². The number of rotatable bonds is 11. The first-order valence-corrected chi connectivity index (χ1v) is 10.0. The molecule has 1 N–H and O–H groups in total. The second-order valence-corrected chi connectivity index (χ2v) is 6.36. The third-order valence-electron chi connectivity index (χ3n) is 4.33. The lowest BCUT2D eigenvalue weighted by molar-refractivity contribution is 0.0922. The van der Waals surface area contributed by atoms with Crippen molar-refractivity contribution in [2.24, 2.45) is 4.99 Å². The number of hydrogen-bond donors (Lipinski definition) is 1. The molecule has 8 heteroatoms. The van der Waals surface area contributed by atoms with Crippen LogP contribution in [-0.4, -0.2) is 59.6 Å². The van der Waals surface area contributed by atoms with Crippen molar-refractivity contribution in [3.8, 4) is 17.2 Å². The highest BCUT2D eigenvalue weighted by Gasteiger charge is 2.11. The molecule has 0 bridgehead atoms. The third kappa shape index (κ3) is 7.82. The van der Waals surface area contributed by atoms with E-state index >= 15 is 0 Å². The fourth-order valence-electron chi connectivity index (χ4n) is 2.72. The summed E-state index contributed by atoms with van der Waals surface area (Å²) in [6, 6.07) is 12.7. The van der Waals surface area contributed by atoms with Gasteiger partial charge in [0, 0.05) is 18.7 Å². The summed E-state index contributed by atoms with van der Waals surface area (Å²) in [7, 11) is 4.74. The highest BCUT2D eigenvalue weighted by molar-refractivity contribution is 6.04. The first-order valence-electron chi connectivity index (χ1n) is 10.0. The quantitative estimate of drug-likeness (QED) is 0.335. The van der Waals surface area contributed by atoms with Crippen molar-refractivity contribution >= 4 is 11.9 Å². The van der Waals surface area contributed by atoms with Gasteiger partial charge in [-0.25, -0.2) is 4.99 Å². The molecule has 0 heterocycles. The van der Waals surface area contributed by atoms with Crippen LogP contribution < -0.4 is 19.5 Å². The van der Waals surface area contributed by atoms with Gasteiger partial charge in [0.2, 0.25) is 0 Å². The molecule has 0 aliphatic heterocycles. The first kappa shape index (κ1) is 24.0. The smallest absolute Gasteiger partial charge is 0.291 e. The maximum absolute atomic E-state index is 12.6. The summed E-state index contributed by atoms with van der Waals surface area (Å²) in [5.74, 6) is 1.58. The molecule has 0 spiro atoms. The fourth-order valence-corrected chi connectivity index (χ4v) is 2.72. The van der Waals surface area contributed by atoms with Crippen molar-refractivity contribution in [3.05, 3.63) is 53.6 Å². The molecule has 0 saturated heterocycles. The lowest BCUT2D eigenvalue weighted by atomic mass is 10.1. The predicted octanol–water partition coefficient (Wildman–Crippen LogP) is 3.09. The fraction of sp³-hybridized carbons (Fsp3) is 0.391. The molecule has 0 saturated carbocycles. The van der Waals surface area contributed by atoms with E-state index < -0.39 is 0 Å². The molecule has 2 rings (SSSR count). The number of nitrogens with one attached hydrogen (secondary N) is 1. The van der Waals surface area contributed by atoms with Gasteiger partial charge in [-0.3, -0.25) is 10.1 Å². The van der Waals surface area contributed by atoms with Gasteiger partial charge >= 0.3 is 0 Å². The molecule has 0 fully saturated rings. The third-order valence-corrected chi connectivity index (χ3v) is 4.33. The first-order chi connectivity index (χ1) is 15.1. The van der Waals surface area contributed by atoms with Gasteiger partial charge in [0.25, 0.3) is 11.9 Å². The second kappa shape index (κ2) is 13.1. The van der Waals surface area contributed by atoms with Crippen LogP contribution >= 0.6 is 0 Å². The number of carbonyl (C=O) groups is 1. The average molecular weight is 431 g/mol. The topological polar surface area (TPSA) is 87.6 Å². The van der Waals surface area contributed by atoms with Crippen LogP contribution in [0.15, 0.2) is 47.5 Å². The zero-order valence-electron chi connectivity index (χ0n) is 18.5. The Bertz CT molecular complexity index is 869. The van der Waals surface area contributed by atoms with Crippen LogP contribution in [0.4, 0.5) is 0 Å². The van der Waals surface area contributed by atoms with Gasteiger partial charge < -0.3 is 23.7 Å². The summed E-state index contributed by atoms with van der Waals surface area (Å²) in [5.41, 5.74) is 1.47. The molecular formula is C23H30N2O6. The van der Waals surface area contributed by atoms with Gasteiger partial charge in [-0.1, -0.05) is 12.1 Å². The SMILES string of the molecule is CCOCCOC(=NCCc1ccc(OC)c(OC)c1)NC(=O)c1cccc(OC)c1. The minimum absolute atomic E-state index is 0.146. The van der Waals surface area contributed by atoms with Crippen LogP contribution in [0.25, 0.3) is 0 Å². The lowest BCUT2D eigenvalue weighted by Crippen LogP contribution is -2.33. The standard InChI is InChI=1S/C23H30N2O6/c1-5-30-13-14-31-23(25-22(26)18-7-6-8-19(16-18)27-2)24-12-11-17-9-10-20(28-3)21(15-17)29-4/h6-10,15-16H,5,11-14H2,1-4H3,(H,24,25,26). The molecule has 1 amide bonds. The van der Waals surface area contributed by atoms with E-state index in [0.717, 1.165) is 5.56 Å². The van der Waals surface area contributed by atoms with Crippen molar-refractivity contribution < 1.29 is 28.5 Å². The van der Waals surface area contributed by atoms with Gasteiger partial charge in [0.05, 0.1) is 27.9 Å². The van der Waals surface area contributed by atoms with Crippen molar-refractivity contribution in [3.63, 3.8) is 0 Å². The normalized spacial score (nSPS) is 11.0. The number of benzene rings is 2. The Morgan fingerprint density at radius 3 is 2.48 bits per heavy atom. The summed E-state index contributed by atoms with van der Waals surface area (Å²) in [5, 5.41) is 2.72. The summed E-state index contributed by atoms with van der Waals surface area (Å²) in [6.45, 7) is 3.59. The molecule has 31 heavy (non-hydrogen) atoms. The molecule has 0 aromatic heterocycles. The Hall–Kier alpha value is -3.26. The summed E-state index contributed by atoms with van der Waals surface area (Å²) >= 11 is 0. The van der Waals surface area contributed by atoms with Crippen LogP contribution in [0, 0.1) is 0 Å². The van der Waals surface area contributed by atoms with Crippen LogP contribution in [0.5, 0.6) is 17.2 Å². The molecule has 0 atom stereocenters. The van der Waals surface area contributed by atoms with E-state index in [0.29, 0.717) is 49.0 Å². The number of carbonyl (C=O) groups excluding carboxylic acids is 1. The van der Waals surface area contributed by atoms with Crippen molar-refractivity contribution in [1.82, 2.24) is 5.32 Å². The monoisotopic (exact) mass is 430 g/mol. The van der Waals surface area contributed by atoms with Crippen LogP contribution in [0.1, 0.15) is 22.8 Å². The molecule has 168 valence electrons. The minimum Gasteiger partial charge on any atom is -0.497 e. The lowest BCUT2D eigenvalue weighted by Gasteiger charge is -2.12. The Morgan fingerprint density at radius 1 is 0.968 bits per heavy atom. The molecule has 0 radical (unpaired) electrons. The molecule has 2 aromatic carbocycles. The van der Waals surface area contributed by atoms with E-state index in [9.17, 15) is 4.79 Å². The van der Waals surface area contributed by atoms with Crippen LogP contribution in [0.3, 0.4) is 0 Å². The van der Waals surface area contributed by atoms with Crippen LogP contribution in [0.2, 0.25) is 0 Å². The number of amides is 1. The number of nitrogens with zero attached hydrogens (tertiary/aromatic N) is 1. The van der Waals surface area contributed by atoms with E-state index in [1.54, 1.807) is 45.6 Å². The zero-order valence-corrected chi connectivity index (χ0v) is 18.5. The Balaban J connectivity index is 2.05. The van der Waals surface area contributed by atoms with Gasteiger partial charge in [-0.2, -0.15) is 0 Å². The summed E-state index contributed by atoms with van der Waals surface area (Å²) in [6.07, 6.45) is 0.633. The van der Waals surface area contributed by atoms with Gasteiger partial charge in [-0.15, -0.1) is 0 Å². The number of aliphatic imine (C=N–C) groups is 1. The van der Waals surface area contributed by atoms with E-state index in [1.165, 1.54) is 0 Å². The summed E-state index contributed by atoms with van der Waals surface area (Å²) in [4.78, 5) is 17.0. The van der Waals surface area contributed by atoms with E-state index in [2.05, 4.69) is 10.3 Å². The predicted molar refractivity (Wildman–Crippen MR) is 118 cm³/mol. The molecule has 2 aromatic rings. The minimum atomic E-state index is -0.333. The van der Waals surface area contributed by atoms with Crippen molar-refractivity contribution in [1.29, 1.82) is 0 Å². The molecular weight excluding hydrogens is 400 g/mol. The summed E-state index contributed by atoms with van der Waals surface area (Å²) < 4.78 is 26.7. The maximum atomic E-state index is 12.6. The molecule has 0 aliphatic carbocycles. The molecule has 0 aliphatic rings.